The molecule has 0 aromatic carbocycles. The van der Waals surface area contributed by atoms with Gasteiger partial charge in [0, 0.05) is 12.7 Å². The largest absolute Gasteiger partial charge is 0.444 e. The zero-order chi connectivity index (χ0) is 15.4. The zero-order valence-corrected chi connectivity index (χ0v) is 13.5. The molecule has 0 aliphatic heterocycles. The molecule has 0 fully saturated rings. The lowest BCUT2D eigenvalue weighted by Crippen LogP contribution is -2.33. The van der Waals surface area contributed by atoms with Gasteiger partial charge in [0.15, 0.2) is 0 Å². The highest BCUT2D eigenvalue weighted by atomic mass is 16.6. The van der Waals surface area contributed by atoms with E-state index in [1.165, 1.54) is 5.56 Å². The topological polar surface area (TPSA) is 56.1 Å². The van der Waals surface area contributed by atoms with Crippen LogP contribution in [0.3, 0.4) is 0 Å². The van der Waals surface area contributed by atoms with Crippen molar-refractivity contribution < 1.29 is 9.53 Å². The van der Waals surface area contributed by atoms with Crippen LogP contribution in [0.25, 0.3) is 0 Å². The summed E-state index contributed by atoms with van der Waals surface area (Å²) in [6.45, 7) is 12.5. The number of aromatic nitrogens is 2. The molecule has 0 bridgehead atoms. The first kappa shape index (κ1) is 16.5. The number of rotatable bonds is 4. The van der Waals surface area contributed by atoms with Gasteiger partial charge in [-0.15, -0.1) is 0 Å². The summed E-state index contributed by atoms with van der Waals surface area (Å²) in [5.41, 5.74) is 0.746. The molecule has 0 unspecified atom stereocenters. The highest BCUT2D eigenvalue weighted by Gasteiger charge is 2.16. The first-order valence-electron chi connectivity index (χ1n) is 7.09. The van der Waals surface area contributed by atoms with Crippen LogP contribution in [0, 0.1) is 0 Å². The Kier molecular flexibility index (Phi) is 5.20. The smallest absolute Gasteiger partial charge is 0.407 e. The van der Waals surface area contributed by atoms with Gasteiger partial charge in [-0.25, -0.2) is 4.79 Å². The van der Waals surface area contributed by atoms with Gasteiger partial charge in [0.05, 0.1) is 11.7 Å². The van der Waals surface area contributed by atoms with Crippen molar-refractivity contribution in [2.75, 3.05) is 6.54 Å². The molecule has 0 saturated heterocycles. The van der Waals surface area contributed by atoms with Gasteiger partial charge in [-0.3, -0.25) is 4.68 Å². The van der Waals surface area contributed by atoms with Crippen LogP contribution >= 0.6 is 0 Å². The lowest BCUT2D eigenvalue weighted by atomic mass is 10.1. The molecule has 0 saturated carbocycles. The molecule has 5 heteroatoms. The number of amides is 1. The lowest BCUT2D eigenvalue weighted by Gasteiger charge is -2.19. The Labute approximate surface area is 121 Å². The van der Waals surface area contributed by atoms with E-state index in [9.17, 15) is 4.79 Å². The Morgan fingerprint density at radius 2 is 1.95 bits per heavy atom. The molecule has 1 N–H and O–H groups in total. The van der Waals surface area contributed by atoms with E-state index in [0.717, 1.165) is 12.8 Å². The third-order valence-corrected chi connectivity index (χ3v) is 2.63. The summed E-state index contributed by atoms with van der Waals surface area (Å²) in [4.78, 5) is 11.5. The normalized spacial score (nSPS) is 12.3. The molecular weight excluding hydrogens is 254 g/mol. The molecule has 1 aromatic rings. The first-order chi connectivity index (χ1) is 9.08. The van der Waals surface area contributed by atoms with E-state index in [2.05, 4.69) is 37.4 Å². The number of ether oxygens (including phenoxy) is 1. The van der Waals surface area contributed by atoms with Gasteiger partial charge in [0.2, 0.25) is 0 Å². The number of hydrogen-bond acceptors (Lipinski definition) is 3. The van der Waals surface area contributed by atoms with Gasteiger partial charge in [-0.2, -0.15) is 5.10 Å². The van der Waals surface area contributed by atoms with Crippen molar-refractivity contribution in [3.8, 4) is 0 Å². The molecule has 0 aliphatic carbocycles. The number of alkyl carbamates (subject to hydrolysis) is 1. The molecule has 1 heterocycles. The molecule has 1 aromatic heterocycles. The average Bonchev–Trinajstić information content (AvgIpc) is 2.70. The van der Waals surface area contributed by atoms with E-state index >= 15 is 0 Å². The van der Waals surface area contributed by atoms with Crippen molar-refractivity contribution in [3.05, 3.63) is 18.0 Å². The van der Waals surface area contributed by atoms with Gasteiger partial charge in [-0.1, -0.05) is 0 Å². The van der Waals surface area contributed by atoms with Gasteiger partial charge in [0.1, 0.15) is 5.60 Å². The summed E-state index contributed by atoms with van der Waals surface area (Å²) < 4.78 is 7.13. The minimum atomic E-state index is -0.446. The molecule has 114 valence electrons. The molecule has 20 heavy (non-hydrogen) atoms. The Hall–Kier alpha value is -1.52. The van der Waals surface area contributed by atoms with Crippen LogP contribution in [0.2, 0.25) is 0 Å². The van der Waals surface area contributed by atoms with E-state index in [-0.39, 0.29) is 11.6 Å². The van der Waals surface area contributed by atoms with Crippen LogP contribution in [0.1, 0.15) is 53.5 Å². The Bertz CT molecular complexity index is 439. The summed E-state index contributed by atoms with van der Waals surface area (Å²) in [6.07, 6.45) is 5.36. The van der Waals surface area contributed by atoms with Gasteiger partial charge >= 0.3 is 6.09 Å². The second-order valence-corrected chi connectivity index (χ2v) is 7.00. The van der Waals surface area contributed by atoms with Crippen molar-refractivity contribution in [2.24, 2.45) is 0 Å². The Morgan fingerprint density at radius 3 is 2.45 bits per heavy atom. The van der Waals surface area contributed by atoms with E-state index in [4.69, 9.17) is 4.74 Å². The molecule has 5 nitrogen and oxygen atoms in total. The molecule has 0 spiro atoms. The van der Waals surface area contributed by atoms with E-state index < -0.39 is 5.60 Å². The average molecular weight is 281 g/mol. The maximum atomic E-state index is 11.5. The van der Waals surface area contributed by atoms with Crippen molar-refractivity contribution in [1.82, 2.24) is 15.1 Å². The van der Waals surface area contributed by atoms with Crippen molar-refractivity contribution in [2.45, 2.75) is 65.5 Å². The number of carbonyl (C=O) groups is 1. The number of nitrogens with zero attached hydrogens (tertiary/aromatic N) is 2. The lowest BCUT2D eigenvalue weighted by molar-refractivity contribution is 0.0527. The maximum Gasteiger partial charge on any atom is 0.407 e. The maximum absolute atomic E-state index is 11.5. The van der Waals surface area contributed by atoms with Crippen molar-refractivity contribution in [1.29, 1.82) is 0 Å². The van der Waals surface area contributed by atoms with Crippen LogP contribution in [0.5, 0.6) is 0 Å². The quantitative estimate of drug-likeness (QED) is 0.863. The van der Waals surface area contributed by atoms with Crippen LogP contribution in [-0.4, -0.2) is 28.0 Å². The third kappa shape index (κ3) is 6.08. The summed E-state index contributed by atoms with van der Waals surface area (Å²) in [6, 6.07) is 0. The molecule has 0 radical (unpaired) electrons. The highest BCUT2D eigenvalue weighted by Crippen LogP contribution is 2.13. The SMILES string of the molecule is CC(C)(C)OC(=O)NCCCc1cnn(C(C)(C)C)c1. The Morgan fingerprint density at radius 1 is 1.30 bits per heavy atom. The number of hydrogen-bond donors (Lipinski definition) is 1. The molecule has 1 rings (SSSR count). The Balaban J connectivity index is 2.28. The first-order valence-corrected chi connectivity index (χ1v) is 7.09. The highest BCUT2D eigenvalue weighted by molar-refractivity contribution is 5.67. The van der Waals surface area contributed by atoms with Gasteiger partial charge in [-0.05, 0) is 59.9 Å². The standard InChI is InChI=1S/C15H27N3O2/c1-14(2,3)18-11-12(10-17-18)8-7-9-16-13(19)20-15(4,5)6/h10-11H,7-9H2,1-6H3,(H,16,19). The monoisotopic (exact) mass is 281 g/mol. The van der Waals surface area contributed by atoms with Crippen LogP contribution in [0.4, 0.5) is 4.79 Å². The van der Waals surface area contributed by atoms with E-state index in [1.54, 1.807) is 0 Å². The minimum absolute atomic E-state index is 0.00696. The molecule has 0 aliphatic rings. The van der Waals surface area contributed by atoms with E-state index in [0.29, 0.717) is 6.54 Å². The molecule has 0 atom stereocenters. The van der Waals surface area contributed by atoms with Crippen LogP contribution in [0.15, 0.2) is 12.4 Å². The van der Waals surface area contributed by atoms with Gasteiger partial charge in [0.25, 0.3) is 0 Å². The second kappa shape index (κ2) is 6.29. The van der Waals surface area contributed by atoms with Crippen molar-refractivity contribution >= 4 is 6.09 Å². The van der Waals surface area contributed by atoms with Crippen LogP contribution in [-0.2, 0) is 16.7 Å². The fourth-order valence-corrected chi connectivity index (χ4v) is 1.65. The summed E-state index contributed by atoms with van der Waals surface area (Å²) in [5, 5.41) is 7.11. The van der Waals surface area contributed by atoms with Crippen LogP contribution < -0.4 is 5.32 Å². The minimum Gasteiger partial charge on any atom is -0.444 e. The summed E-state index contributed by atoms with van der Waals surface area (Å²) in [5.74, 6) is 0. The number of aryl methyl sites for hydroxylation is 1. The number of nitrogens with one attached hydrogen (secondary N) is 1. The number of carbonyl (C=O) groups excluding carboxylic acids is 1. The molecular formula is C15H27N3O2. The summed E-state index contributed by atoms with van der Waals surface area (Å²) in [7, 11) is 0. The summed E-state index contributed by atoms with van der Waals surface area (Å²) >= 11 is 0. The zero-order valence-electron chi connectivity index (χ0n) is 13.5. The molecule has 1 amide bonds. The fraction of sp³-hybridized carbons (Fsp3) is 0.733. The predicted octanol–water partition coefficient (Wildman–Crippen LogP) is 3.10. The van der Waals surface area contributed by atoms with Crippen molar-refractivity contribution in [3.63, 3.8) is 0 Å². The second-order valence-electron chi connectivity index (χ2n) is 7.00. The third-order valence-electron chi connectivity index (χ3n) is 2.63. The van der Waals surface area contributed by atoms with E-state index in [1.807, 2.05) is 31.6 Å². The fourth-order valence-electron chi connectivity index (χ4n) is 1.65. The predicted molar refractivity (Wildman–Crippen MR) is 79.8 cm³/mol. The van der Waals surface area contributed by atoms with Gasteiger partial charge < -0.3 is 10.1 Å².